The van der Waals surface area contributed by atoms with Crippen LogP contribution in [0.4, 0.5) is 0 Å². The summed E-state index contributed by atoms with van der Waals surface area (Å²) in [6.45, 7) is 7.04. The van der Waals surface area contributed by atoms with Gasteiger partial charge in [0.05, 0.1) is 16.2 Å². The van der Waals surface area contributed by atoms with Gasteiger partial charge in [-0.15, -0.1) is 34.0 Å². The molecule has 6 aliphatic rings. The number of fused-ring (bicyclic) bond motifs is 33. The Morgan fingerprint density at radius 3 is 0.731 bits per heavy atom. The predicted octanol–water partition coefficient (Wildman–Crippen LogP) is 21.3. The molecule has 0 saturated carbocycles. The number of thiophene rings is 3. The van der Waals surface area contributed by atoms with Crippen LogP contribution in [0, 0.1) is 0 Å². The molecule has 0 aliphatic heterocycles. The van der Waals surface area contributed by atoms with Crippen molar-refractivity contribution >= 4 is 34.0 Å². The molecule has 0 atom stereocenters. The van der Waals surface area contributed by atoms with Crippen molar-refractivity contribution in [1.82, 2.24) is 0 Å². The Kier molecular flexibility index (Phi) is 11.0. The van der Waals surface area contributed by atoms with Gasteiger partial charge in [0.1, 0.15) is 0 Å². The lowest BCUT2D eigenvalue weighted by atomic mass is 9.63. The van der Waals surface area contributed by atoms with Crippen LogP contribution in [-0.2, 0) is 35.5 Å². The normalized spacial score (nSPS) is 15.4. The molecule has 10 aromatic rings. The molecule has 0 bridgehead atoms. The standard InChI is InChI=1S/C75H66S3/c1-4-7-10-13-28-46-43-61-70(76-46)64-67(73(61)55-37-22-16-31-49(55)50-32-17-23-38-56(50)73)65-69(75(63-45-48(77-71(63)65)30-15-12-9-6-3)59-41-26-20-35-53(59)54-36-21-27-42-60(54)75)66-68(64)74(62-44-47(78-72(62)66)29-14-11-8-5-2)57-39-24-18-33-51(57)52-34-19-25-40-58(52)74/h16-27,31-45H,4-15,28-30H2,1-3H3. The summed E-state index contributed by atoms with van der Waals surface area (Å²) >= 11 is 6.48. The fraction of sp³-hybridized carbons (Fsp3) is 0.280. The monoisotopic (exact) mass is 1060 g/mol. The van der Waals surface area contributed by atoms with Crippen molar-refractivity contribution in [2.75, 3.05) is 0 Å². The molecule has 3 spiro atoms. The Morgan fingerprint density at radius 1 is 0.269 bits per heavy atom. The zero-order valence-corrected chi connectivity index (χ0v) is 47.9. The van der Waals surface area contributed by atoms with Gasteiger partial charge in [-0.25, -0.2) is 0 Å². The maximum atomic E-state index is 2.76. The molecule has 3 heteroatoms. The van der Waals surface area contributed by atoms with E-state index < -0.39 is 16.2 Å². The highest BCUT2D eigenvalue weighted by molar-refractivity contribution is 7.17. The molecule has 0 unspecified atom stereocenters. The number of unbranched alkanes of at least 4 members (excludes halogenated alkanes) is 9. The van der Waals surface area contributed by atoms with Crippen LogP contribution in [0.25, 0.3) is 64.7 Å². The van der Waals surface area contributed by atoms with E-state index in [9.17, 15) is 0 Å². The lowest BCUT2D eigenvalue weighted by Crippen LogP contribution is -2.31. The lowest BCUT2D eigenvalue weighted by molar-refractivity contribution is 0.669. The first-order chi connectivity index (χ1) is 38.6. The average Bonchev–Trinajstić information content (AvgIpc) is 2.10. The molecule has 384 valence electrons. The fourth-order valence-electron chi connectivity index (χ4n) is 16.6. The molecular formula is C75H66S3. The first-order valence-electron chi connectivity index (χ1n) is 29.9. The summed E-state index contributed by atoms with van der Waals surface area (Å²) in [5.74, 6) is 0. The molecule has 16 rings (SSSR count). The van der Waals surface area contributed by atoms with Crippen LogP contribution in [0.1, 0.15) is 179 Å². The molecule has 6 aliphatic carbocycles. The van der Waals surface area contributed by atoms with Crippen molar-refractivity contribution in [3.05, 3.63) is 245 Å². The summed E-state index contributed by atoms with van der Waals surface area (Å²) in [6.07, 6.45) is 18.5. The molecule has 0 fully saturated rings. The number of benzene rings is 7. The molecule has 3 aromatic heterocycles. The van der Waals surface area contributed by atoms with Crippen LogP contribution in [0.5, 0.6) is 0 Å². The summed E-state index contributed by atoms with van der Waals surface area (Å²) in [5, 5.41) is 0. The van der Waals surface area contributed by atoms with Crippen molar-refractivity contribution in [1.29, 1.82) is 0 Å². The second-order valence-corrected chi connectivity index (χ2v) is 27.0. The van der Waals surface area contributed by atoms with Crippen LogP contribution >= 0.6 is 34.0 Å². The minimum atomic E-state index is -0.528. The van der Waals surface area contributed by atoms with Gasteiger partial charge in [0.25, 0.3) is 0 Å². The quantitative estimate of drug-likeness (QED) is 0.0898. The second kappa shape index (κ2) is 18.1. The zero-order valence-electron chi connectivity index (χ0n) is 45.4. The summed E-state index contributed by atoms with van der Waals surface area (Å²) in [6, 6.07) is 66.2. The largest absolute Gasteiger partial charge is 0.140 e. The molecule has 78 heavy (non-hydrogen) atoms. The van der Waals surface area contributed by atoms with Gasteiger partial charge in [0.15, 0.2) is 0 Å². The molecule has 0 radical (unpaired) electrons. The third-order valence-electron chi connectivity index (χ3n) is 19.6. The first-order valence-corrected chi connectivity index (χ1v) is 32.3. The minimum absolute atomic E-state index is 0.528. The highest BCUT2D eigenvalue weighted by Crippen LogP contribution is 2.78. The van der Waals surface area contributed by atoms with E-state index in [2.05, 4.69) is 219 Å². The van der Waals surface area contributed by atoms with Gasteiger partial charge in [0.2, 0.25) is 0 Å². The Morgan fingerprint density at radius 2 is 0.500 bits per heavy atom. The molecule has 3 heterocycles. The molecule has 0 N–H and O–H groups in total. The maximum Gasteiger partial charge on any atom is 0.0740 e. The number of hydrogen-bond acceptors (Lipinski definition) is 3. The van der Waals surface area contributed by atoms with E-state index in [-0.39, 0.29) is 0 Å². The van der Waals surface area contributed by atoms with Crippen molar-refractivity contribution in [2.24, 2.45) is 0 Å². The van der Waals surface area contributed by atoms with E-state index in [0.717, 1.165) is 19.3 Å². The maximum absolute atomic E-state index is 2.76. The van der Waals surface area contributed by atoms with Crippen LogP contribution in [0.3, 0.4) is 0 Å². The van der Waals surface area contributed by atoms with Crippen molar-refractivity contribution in [2.45, 2.75) is 133 Å². The van der Waals surface area contributed by atoms with Crippen molar-refractivity contribution < 1.29 is 0 Å². The SMILES string of the molecule is CCCCCCc1cc2c(s1)-c1c(c3c(c4c1C1(c5ccccc5-c5ccccc51)c1cc(CCCCCC)sc1-4)C1(c4ccccc4-c4ccccc41)c1cc(CCCCCC)sc1-3)C21c2ccccc2-c2ccccc21. The summed E-state index contributed by atoms with van der Waals surface area (Å²) in [4.78, 5) is 9.18. The molecule has 0 saturated heterocycles. The van der Waals surface area contributed by atoms with Crippen LogP contribution < -0.4 is 0 Å². The lowest BCUT2D eigenvalue weighted by Gasteiger charge is -2.37. The third-order valence-corrected chi connectivity index (χ3v) is 23.2. The van der Waals surface area contributed by atoms with E-state index in [0.29, 0.717) is 0 Å². The minimum Gasteiger partial charge on any atom is -0.140 e. The van der Waals surface area contributed by atoms with Gasteiger partial charge in [-0.1, -0.05) is 224 Å². The Balaban J connectivity index is 1.14. The number of hydrogen-bond donors (Lipinski definition) is 0. The number of aryl methyl sites for hydroxylation is 3. The Bertz CT molecular complexity index is 3510. The van der Waals surface area contributed by atoms with E-state index >= 15 is 0 Å². The highest BCUT2D eigenvalue weighted by Gasteiger charge is 2.65. The first kappa shape index (κ1) is 47.6. The van der Waals surface area contributed by atoms with Crippen molar-refractivity contribution in [3.8, 4) is 64.7 Å². The van der Waals surface area contributed by atoms with E-state index in [1.165, 1.54) is 192 Å². The van der Waals surface area contributed by atoms with Crippen molar-refractivity contribution in [3.63, 3.8) is 0 Å². The predicted molar refractivity (Wildman–Crippen MR) is 333 cm³/mol. The van der Waals surface area contributed by atoms with Gasteiger partial charge in [-0.2, -0.15) is 0 Å². The van der Waals surface area contributed by atoms with Gasteiger partial charge >= 0.3 is 0 Å². The summed E-state index contributed by atoms with van der Waals surface area (Å²) in [7, 11) is 0. The van der Waals surface area contributed by atoms with E-state index in [4.69, 9.17) is 0 Å². The van der Waals surface area contributed by atoms with Gasteiger partial charge in [-0.05, 0) is 157 Å². The summed E-state index contributed by atoms with van der Waals surface area (Å²) in [5.41, 5.74) is 29.4. The molecule has 0 nitrogen and oxygen atoms in total. The van der Waals surface area contributed by atoms with Gasteiger partial charge in [-0.3, -0.25) is 0 Å². The molecule has 0 amide bonds. The van der Waals surface area contributed by atoms with E-state index in [1.54, 1.807) is 31.3 Å². The summed E-state index contributed by atoms with van der Waals surface area (Å²) < 4.78 is 0. The molecule has 7 aromatic carbocycles. The van der Waals surface area contributed by atoms with Crippen LogP contribution in [-0.4, -0.2) is 0 Å². The van der Waals surface area contributed by atoms with Crippen LogP contribution in [0.2, 0.25) is 0 Å². The zero-order chi connectivity index (χ0) is 51.9. The number of rotatable bonds is 15. The second-order valence-electron chi connectivity index (χ2n) is 23.6. The van der Waals surface area contributed by atoms with Crippen LogP contribution in [0.15, 0.2) is 164 Å². The third kappa shape index (κ3) is 6.01. The van der Waals surface area contributed by atoms with Gasteiger partial charge in [0, 0.05) is 46.0 Å². The average molecular weight is 1060 g/mol. The Hall–Kier alpha value is -6.36. The smallest absolute Gasteiger partial charge is 0.0740 e. The van der Waals surface area contributed by atoms with E-state index in [1.807, 2.05) is 0 Å². The molecular weight excluding hydrogens is 997 g/mol. The fourth-order valence-corrected chi connectivity index (χ4v) is 20.6. The Labute approximate surface area is 473 Å². The topological polar surface area (TPSA) is 0 Å². The highest BCUT2D eigenvalue weighted by atomic mass is 32.1. The van der Waals surface area contributed by atoms with Gasteiger partial charge < -0.3 is 0 Å².